The average molecular weight is 404 g/mol. The van der Waals surface area contributed by atoms with Gasteiger partial charge in [0.05, 0.1) is 27.4 Å². The van der Waals surface area contributed by atoms with Crippen molar-refractivity contribution in [3.8, 4) is 0 Å². The molecule has 0 fully saturated rings. The molecule has 0 aliphatic rings. The van der Waals surface area contributed by atoms with Crippen molar-refractivity contribution in [1.82, 2.24) is 14.9 Å². The number of aryl methyl sites for hydroxylation is 3. The fourth-order valence-corrected chi connectivity index (χ4v) is 5.05. The van der Waals surface area contributed by atoms with E-state index in [1.54, 1.807) is 28.4 Å². The van der Waals surface area contributed by atoms with Crippen molar-refractivity contribution in [1.29, 1.82) is 0 Å². The summed E-state index contributed by atoms with van der Waals surface area (Å²) in [4.78, 5) is 25.6. The smallest absolute Gasteiger partial charge is 0.266 e. The molecule has 7 heteroatoms. The van der Waals surface area contributed by atoms with E-state index in [2.05, 4.69) is 9.97 Å². The van der Waals surface area contributed by atoms with Crippen LogP contribution in [0.1, 0.15) is 54.5 Å². The van der Waals surface area contributed by atoms with Gasteiger partial charge in [0.2, 0.25) is 0 Å². The summed E-state index contributed by atoms with van der Waals surface area (Å²) in [6.07, 6.45) is 0.589. The minimum atomic E-state index is -0.255. The molecule has 0 aliphatic carbocycles. The fourth-order valence-electron chi connectivity index (χ4n) is 2.95. The number of nitrogens with zero attached hydrogens (tertiary/aromatic N) is 3. The summed E-state index contributed by atoms with van der Waals surface area (Å²) in [5.41, 5.74) is 2.68. The third-order valence-electron chi connectivity index (χ3n) is 4.52. The minimum Gasteiger partial charge on any atom is -0.333 e. The SMILES string of the molecule is Cc1nc(C)c(C(C)N(C)C(=O)c2sc(Cc3ccc(F)cc3)nc2C)s1. The molecule has 3 rings (SSSR count). The van der Waals surface area contributed by atoms with E-state index in [0.717, 1.165) is 31.8 Å². The third-order valence-corrected chi connectivity index (χ3v) is 6.91. The summed E-state index contributed by atoms with van der Waals surface area (Å²) in [5, 5.41) is 1.86. The van der Waals surface area contributed by atoms with Crippen molar-refractivity contribution in [3.63, 3.8) is 0 Å². The predicted molar refractivity (Wildman–Crippen MR) is 108 cm³/mol. The Hall–Kier alpha value is -2.12. The minimum absolute atomic E-state index is 0.0340. The highest BCUT2D eigenvalue weighted by Crippen LogP contribution is 2.31. The number of carbonyl (C=O) groups excluding carboxylic acids is 1. The van der Waals surface area contributed by atoms with Gasteiger partial charge in [0.1, 0.15) is 10.7 Å². The predicted octanol–water partition coefficient (Wildman–Crippen LogP) is 5.09. The van der Waals surface area contributed by atoms with Gasteiger partial charge >= 0.3 is 0 Å². The van der Waals surface area contributed by atoms with Gasteiger partial charge in [-0.15, -0.1) is 22.7 Å². The van der Waals surface area contributed by atoms with Gasteiger partial charge in [-0.1, -0.05) is 12.1 Å². The van der Waals surface area contributed by atoms with E-state index in [1.807, 2.05) is 34.7 Å². The van der Waals surface area contributed by atoms with Crippen LogP contribution in [-0.2, 0) is 6.42 Å². The van der Waals surface area contributed by atoms with Gasteiger partial charge in [0, 0.05) is 18.3 Å². The quantitative estimate of drug-likeness (QED) is 0.596. The van der Waals surface area contributed by atoms with Gasteiger partial charge < -0.3 is 4.90 Å². The molecule has 4 nitrogen and oxygen atoms in total. The normalized spacial score (nSPS) is 12.2. The lowest BCUT2D eigenvalue weighted by Gasteiger charge is -2.24. The molecule has 0 spiro atoms. The van der Waals surface area contributed by atoms with Gasteiger partial charge in [-0.3, -0.25) is 4.79 Å². The van der Waals surface area contributed by atoms with Gasteiger partial charge in [0.25, 0.3) is 5.91 Å². The molecule has 0 saturated carbocycles. The number of carbonyl (C=O) groups is 1. The van der Waals surface area contributed by atoms with E-state index in [-0.39, 0.29) is 17.8 Å². The Kier molecular flexibility index (Phi) is 5.72. The summed E-state index contributed by atoms with van der Waals surface area (Å²) >= 11 is 3.04. The fraction of sp³-hybridized carbons (Fsp3) is 0.350. The number of amides is 1. The molecule has 1 unspecified atom stereocenters. The highest BCUT2D eigenvalue weighted by molar-refractivity contribution is 7.13. The Morgan fingerprint density at radius 2 is 1.78 bits per heavy atom. The number of thiazole rings is 2. The Bertz CT molecular complexity index is 962. The van der Waals surface area contributed by atoms with Gasteiger partial charge in [-0.2, -0.15) is 0 Å². The molecule has 0 saturated heterocycles. The van der Waals surface area contributed by atoms with E-state index in [0.29, 0.717) is 11.3 Å². The molecule has 1 amide bonds. The molecule has 0 radical (unpaired) electrons. The number of halogens is 1. The largest absolute Gasteiger partial charge is 0.333 e. The van der Waals surface area contributed by atoms with Crippen molar-refractivity contribution >= 4 is 28.6 Å². The van der Waals surface area contributed by atoms with Crippen LogP contribution in [0.2, 0.25) is 0 Å². The molecule has 1 atom stereocenters. The van der Waals surface area contributed by atoms with Crippen LogP contribution in [0.5, 0.6) is 0 Å². The van der Waals surface area contributed by atoms with E-state index in [4.69, 9.17) is 0 Å². The van der Waals surface area contributed by atoms with Crippen LogP contribution in [0.15, 0.2) is 24.3 Å². The van der Waals surface area contributed by atoms with Gasteiger partial charge in [-0.25, -0.2) is 14.4 Å². The van der Waals surface area contributed by atoms with Crippen molar-refractivity contribution < 1.29 is 9.18 Å². The summed E-state index contributed by atoms with van der Waals surface area (Å²) in [7, 11) is 1.82. The van der Waals surface area contributed by atoms with Crippen LogP contribution in [0.25, 0.3) is 0 Å². The maximum atomic E-state index is 13.1. The van der Waals surface area contributed by atoms with Gasteiger partial charge in [0.15, 0.2) is 0 Å². The van der Waals surface area contributed by atoms with Crippen LogP contribution in [0.4, 0.5) is 4.39 Å². The van der Waals surface area contributed by atoms with E-state index in [1.165, 1.54) is 23.5 Å². The second-order valence-electron chi connectivity index (χ2n) is 6.60. The number of benzene rings is 1. The zero-order valence-corrected chi connectivity index (χ0v) is 17.7. The van der Waals surface area contributed by atoms with Crippen LogP contribution < -0.4 is 0 Å². The maximum absolute atomic E-state index is 13.1. The first-order valence-electron chi connectivity index (χ1n) is 8.68. The molecule has 3 aromatic rings. The average Bonchev–Trinajstić information content (AvgIpc) is 3.16. The van der Waals surface area contributed by atoms with Crippen molar-refractivity contribution in [3.05, 3.63) is 66.8 Å². The molecular formula is C20H22FN3OS2. The van der Waals surface area contributed by atoms with Crippen molar-refractivity contribution in [2.24, 2.45) is 0 Å². The van der Waals surface area contributed by atoms with Gasteiger partial charge in [-0.05, 0) is 45.4 Å². The second kappa shape index (κ2) is 7.86. The Morgan fingerprint density at radius 3 is 2.37 bits per heavy atom. The number of hydrogen-bond donors (Lipinski definition) is 0. The molecule has 0 aliphatic heterocycles. The Morgan fingerprint density at radius 1 is 1.11 bits per heavy atom. The number of aromatic nitrogens is 2. The lowest BCUT2D eigenvalue weighted by Crippen LogP contribution is -2.29. The molecule has 27 heavy (non-hydrogen) atoms. The first-order valence-corrected chi connectivity index (χ1v) is 10.3. The zero-order valence-electron chi connectivity index (χ0n) is 16.0. The van der Waals surface area contributed by atoms with Crippen LogP contribution in [0.3, 0.4) is 0 Å². The summed E-state index contributed by atoms with van der Waals surface area (Å²) in [6, 6.07) is 6.33. The zero-order chi connectivity index (χ0) is 19.7. The molecule has 1 aromatic carbocycles. The molecule has 142 valence electrons. The molecular weight excluding hydrogens is 381 g/mol. The first-order chi connectivity index (χ1) is 12.8. The van der Waals surface area contributed by atoms with E-state index >= 15 is 0 Å². The lowest BCUT2D eigenvalue weighted by atomic mass is 10.1. The molecule has 0 bridgehead atoms. The summed E-state index contributed by atoms with van der Waals surface area (Å²) in [6.45, 7) is 7.84. The van der Waals surface area contributed by atoms with Crippen molar-refractivity contribution in [2.45, 2.75) is 40.2 Å². The molecule has 2 aromatic heterocycles. The van der Waals surface area contributed by atoms with Crippen molar-refractivity contribution in [2.75, 3.05) is 7.05 Å². The Labute approximate surface area is 166 Å². The van der Waals surface area contributed by atoms with Crippen LogP contribution >= 0.6 is 22.7 Å². The molecule has 2 heterocycles. The first kappa shape index (κ1) is 19.6. The topological polar surface area (TPSA) is 46.1 Å². The highest BCUT2D eigenvalue weighted by atomic mass is 32.1. The second-order valence-corrected chi connectivity index (χ2v) is 8.92. The summed E-state index contributed by atoms with van der Waals surface area (Å²) < 4.78 is 13.1. The van der Waals surface area contributed by atoms with E-state index < -0.39 is 0 Å². The standard InChI is InChI=1S/C20H22FN3OS2/c1-11-18(26-14(4)22-11)13(3)24(5)20(25)19-12(2)23-17(27-19)10-15-6-8-16(21)9-7-15/h6-9,13H,10H2,1-5H3. The highest BCUT2D eigenvalue weighted by Gasteiger charge is 2.25. The monoisotopic (exact) mass is 403 g/mol. The van der Waals surface area contributed by atoms with Crippen LogP contribution in [0, 0.1) is 26.6 Å². The number of rotatable bonds is 5. The summed E-state index contributed by atoms with van der Waals surface area (Å²) in [5.74, 6) is -0.289. The Balaban J connectivity index is 1.79. The van der Waals surface area contributed by atoms with E-state index in [9.17, 15) is 9.18 Å². The maximum Gasteiger partial charge on any atom is 0.266 e. The lowest BCUT2D eigenvalue weighted by molar-refractivity contribution is 0.0748. The molecule has 0 N–H and O–H groups in total. The van der Waals surface area contributed by atoms with Crippen LogP contribution in [-0.4, -0.2) is 27.8 Å². The third kappa shape index (κ3) is 4.25. The number of hydrogen-bond acceptors (Lipinski definition) is 5.